The number of hydrogen-bond acceptors (Lipinski definition) is 5. The van der Waals surface area contributed by atoms with E-state index in [0.717, 1.165) is 29.5 Å². The van der Waals surface area contributed by atoms with Crippen LogP contribution < -0.4 is 5.32 Å². The van der Waals surface area contributed by atoms with E-state index >= 15 is 0 Å². The summed E-state index contributed by atoms with van der Waals surface area (Å²) in [5, 5.41) is 26.1. The van der Waals surface area contributed by atoms with E-state index in [0.29, 0.717) is 22.4 Å². The summed E-state index contributed by atoms with van der Waals surface area (Å²) in [4.78, 5) is 11.6. The van der Waals surface area contributed by atoms with Crippen LogP contribution in [-0.2, 0) is 11.3 Å². The summed E-state index contributed by atoms with van der Waals surface area (Å²) < 4.78 is 1.77. The Hall–Kier alpha value is -2.48. The number of nitrogens with zero attached hydrogens (tertiary/aromatic N) is 4. The third kappa shape index (κ3) is 6.03. The molecule has 1 aromatic heterocycles. The zero-order chi connectivity index (χ0) is 22.4. The fourth-order valence-corrected chi connectivity index (χ4v) is 3.65. The molecule has 0 bridgehead atoms. The molecule has 164 valence electrons. The van der Waals surface area contributed by atoms with Crippen LogP contribution in [0.4, 0.5) is 0 Å². The molecule has 0 saturated carbocycles. The first-order valence-corrected chi connectivity index (χ1v) is 10.9. The van der Waals surface area contributed by atoms with Crippen molar-refractivity contribution in [3.05, 3.63) is 75.0 Å². The van der Waals surface area contributed by atoms with Crippen LogP contribution in [0.2, 0.25) is 10.0 Å². The Balaban J connectivity index is 2.02. The Bertz CT molecular complexity index is 1020. The second-order valence-corrected chi connectivity index (χ2v) is 8.26. The molecule has 0 aliphatic rings. The van der Waals surface area contributed by atoms with Gasteiger partial charge in [0.05, 0.1) is 22.5 Å². The summed E-state index contributed by atoms with van der Waals surface area (Å²) in [7, 11) is 0. The highest BCUT2D eigenvalue weighted by molar-refractivity contribution is 6.42. The summed E-state index contributed by atoms with van der Waals surface area (Å²) >= 11 is 12.3. The third-order valence-electron chi connectivity index (χ3n) is 5.04. The molecule has 2 N–H and O–H groups in total. The standard InChI is InChI=1S/C22H25Cl2N5O2/c1-3-4-11-29-22(26-27-28-29)21(15-7-5-14(2)6-8-15)25-19(13-20(30)31)16-9-10-17(23)18(24)12-16/h5-10,12,19,21,25H,3-4,11,13H2,1-2H3,(H,30,31). The van der Waals surface area contributed by atoms with Gasteiger partial charge in [-0.05, 0) is 47.0 Å². The maximum absolute atomic E-state index is 11.6. The highest BCUT2D eigenvalue weighted by atomic mass is 35.5. The van der Waals surface area contributed by atoms with Crippen molar-refractivity contribution in [2.45, 2.75) is 51.7 Å². The Morgan fingerprint density at radius 1 is 1.13 bits per heavy atom. The van der Waals surface area contributed by atoms with Gasteiger partial charge >= 0.3 is 5.97 Å². The number of aromatic nitrogens is 4. The molecule has 2 aromatic carbocycles. The lowest BCUT2D eigenvalue weighted by atomic mass is 9.98. The van der Waals surface area contributed by atoms with E-state index in [4.69, 9.17) is 23.2 Å². The van der Waals surface area contributed by atoms with E-state index in [1.165, 1.54) is 0 Å². The molecule has 7 nitrogen and oxygen atoms in total. The molecular formula is C22H25Cl2N5O2. The molecular weight excluding hydrogens is 437 g/mol. The largest absolute Gasteiger partial charge is 0.481 e. The first-order chi connectivity index (χ1) is 14.9. The Morgan fingerprint density at radius 2 is 1.84 bits per heavy atom. The first-order valence-electron chi connectivity index (χ1n) is 10.1. The maximum Gasteiger partial charge on any atom is 0.305 e. The molecule has 0 fully saturated rings. The smallest absolute Gasteiger partial charge is 0.305 e. The quantitative estimate of drug-likeness (QED) is 0.441. The minimum Gasteiger partial charge on any atom is -0.481 e. The number of halogens is 2. The molecule has 31 heavy (non-hydrogen) atoms. The van der Waals surface area contributed by atoms with Gasteiger partial charge < -0.3 is 5.11 Å². The SMILES string of the molecule is CCCCn1nnnc1C(NC(CC(=O)O)c1ccc(Cl)c(Cl)c1)c1ccc(C)cc1. The van der Waals surface area contributed by atoms with Crippen LogP contribution in [0.15, 0.2) is 42.5 Å². The van der Waals surface area contributed by atoms with Crippen molar-refractivity contribution in [2.24, 2.45) is 0 Å². The topological polar surface area (TPSA) is 92.9 Å². The van der Waals surface area contributed by atoms with Crippen molar-refractivity contribution in [3.8, 4) is 0 Å². The zero-order valence-electron chi connectivity index (χ0n) is 17.4. The summed E-state index contributed by atoms with van der Waals surface area (Å²) in [6.45, 7) is 4.80. The minimum atomic E-state index is -0.934. The number of benzene rings is 2. The van der Waals surface area contributed by atoms with Crippen LogP contribution in [0.1, 0.15) is 60.8 Å². The highest BCUT2D eigenvalue weighted by Gasteiger charge is 2.27. The molecule has 3 aromatic rings. The molecule has 3 rings (SSSR count). The molecule has 9 heteroatoms. The third-order valence-corrected chi connectivity index (χ3v) is 5.78. The minimum absolute atomic E-state index is 0.142. The molecule has 2 unspecified atom stereocenters. The molecule has 0 aliphatic carbocycles. The van der Waals surface area contributed by atoms with Crippen molar-refractivity contribution < 1.29 is 9.90 Å². The van der Waals surface area contributed by atoms with Gasteiger partial charge in [0.1, 0.15) is 0 Å². The van der Waals surface area contributed by atoms with Crippen molar-refractivity contribution in [2.75, 3.05) is 0 Å². The summed E-state index contributed by atoms with van der Waals surface area (Å²) in [5.41, 5.74) is 2.79. The van der Waals surface area contributed by atoms with E-state index in [-0.39, 0.29) is 6.42 Å². The number of nitrogens with one attached hydrogen (secondary N) is 1. The van der Waals surface area contributed by atoms with Gasteiger partial charge in [-0.3, -0.25) is 10.1 Å². The van der Waals surface area contributed by atoms with Crippen molar-refractivity contribution in [1.29, 1.82) is 0 Å². The zero-order valence-corrected chi connectivity index (χ0v) is 18.9. The van der Waals surface area contributed by atoms with Gasteiger partial charge in [0.15, 0.2) is 5.82 Å². The molecule has 2 atom stereocenters. The predicted molar refractivity (Wildman–Crippen MR) is 120 cm³/mol. The predicted octanol–water partition coefficient (Wildman–Crippen LogP) is 4.98. The van der Waals surface area contributed by atoms with Gasteiger partial charge in [-0.15, -0.1) is 5.10 Å². The Morgan fingerprint density at radius 3 is 2.48 bits per heavy atom. The summed E-state index contributed by atoms with van der Waals surface area (Å²) in [6.07, 6.45) is 1.80. The lowest BCUT2D eigenvalue weighted by Gasteiger charge is -2.25. The van der Waals surface area contributed by atoms with Crippen molar-refractivity contribution in [1.82, 2.24) is 25.5 Å². The van der Waals surface area contributed by atoms with Crippen molar-refractivity contribution in [3.63, 3.8) is 0 Å². The van der Waals surface area contributed by atoms with Crippen LogP contribution in [0.5, 0.6) is 0 Å². The van der Waals surface area contributed by atoms with E-state index in [1.807, 2.05) is 31.2 Å². The fourth-order valence-electron chi connectivity index (χ4n) is 3.34. The molecule has 0 radical (unpaired) electrons. The van der Waals surface area contributed by atoms with Gasteiger partial charge in [0.2, 0.25) is 0 Å². The number of tetrazole rings is 1. The number of carbonyl (C=O) groups is 1. The van der Waals surface area contributed by atoms with Crippen LogP contribution >= 0.6 is 23.2 Å². The van der Waals surface area contributed by atoms with Gasteiger partial charge in [0.25, 0.3) is 0 Å². The number of hydrogen-bond donors (Lipinski definition) is 2. The van der Waals surface area contributed by atoms with E-state index in [9.17, 15) is 9.90 Å². The fraction of sp³-hybridized carbons (Fsp3) is 0.364. The second-order valence-electron chi connectivity index (χ2n) is 7.45. The van der Waals surface area contributed by atoms with Crippen LogP contribution in [0.3, 0.4) is 0 Å². The normalized spacial score (nSPS) is 13.2. The van der Waals surface area contributed by atoms with Crippen LogP contribution in [0, 0.1) is 6.92 Å². The van der Waals surface area contributed by atoms with Gasteiger partial charge in [0, 0.05) is 12.6 Å². The number of aryl methyl sites for hydroxylation is 2. The molecule has 1 heterocycles. The lowest BCUT2D eigenvalue weighted by molar-refractivity contribution is -0.137. The van der Waals surface area contributed by atoms with Crippen LogP contribution in [-0.4, -0.2) is 31.3 Å². The van der Waals surface area contributed by atoms with E-state index in [1.54, 1.807) is 22.9 Å². The van der Waals surface area contributed by atoms with Gasteiger partial charge in [-0.1, -0.05) is 72.4 Å². The summed E-state index contributed by atoms with van der Waals surface area (Å²) in [6, 6.07) is 12.2. The number of rotatable bonds is 10. The van der Waals surface area contributed by atoms with E-state index < -0.39 is 18.1 Å². The number of unbranched alkanes of at least 4 members (excludes halogenated alkanes) is 1. The molecule has 0 saturated heterocycles. The first kappa shape index (κ1) is 23.2. The van der Waals surface area contributed by atoms with E-state index in [2.05, 4.69) is 27.8 Å². The summed E-state index contributed by atoms with van der Waals surface area (Å²) in [5.74, 6) is -0.301. The average Bonchev–Trinajstić information content (AvgIpc) is 3.20. The Labute approximate surface area is 191 Å². The monoisotopic (exact) mass is 461 g/mol. The lowest BCUT2D eigenvalue weighted by Crippen LogP contribution is -2.31. The molecule has 0 amide bonds. The van der Waals surface area contributed by atoms with Crippen molar-refractivity contribution >= 4 is 29.2 Å². The van der Waals surface area contributed by atoms with Gasteiger partial charge in [-0.25, -0.2) is 4.68 Å². The Kier molecular flexibility index (Phi) is 8.01. The number of carboxylic acid groups (broad SMARTS) is 1. The molecule has 0 aliphatic heterocycles. The van der Waals surface area contributed by atoms with Gasteiger partial charge in [-0.2, -0.15) is 0 Å². The second kappa shape index (κ2) is 10.7. The molecule has 0 spiro atoms. The highest BCUT2D eigenvalue weighted by Crippen LogP contribution is 2.30. The van der Waals surface area contributed by atoms with Crippen LogP contribution in [0.25, 0.3) is 0 Å². The number of aliphatic carboxylic acids is 1. The number of carboxylic acids is 1. The maximum atomic E-state index is 11.6. The average molecular weight is 462 g/mol.